The molecule has 0 spiro atoms. The fourth-order valence-corrected chi connectivity index (χ4v) is 2.98. The lowest BCUT2D eigenvalue weighted by atomic mass is 10.1. The van der Waals surface area contributed by atoms with Gasteiger partial charge >= 0.3 is 0 Å². The van der Waals surface area contributed by atoms with Gasteiger partial charge in [0.05, 0.1) is 7.11 Å². The lowest BCUT2D eigenvalue weighted by molar-refractivity contribution is 0.411. The van der Waals surface area contributed by atoms with Gasteiger partial charge in [-0.2, -0.15) is 0 Å². The molecule has 39 heavy (non-hydrogen) atoms. The first kappa shape index (κ1) is 36.9. The van der Waals surface area contributed by atoms with Crippen LogP contribution in [0.4, 0.5) is 0 Å². The van der Waals surface area contributed by atoms with Crippen molar-refractivity contribution in [2.24, 2.45) is 22.0 Å². The fourth-order valence-electron chi connectivity index (χ4n) is 2.98. The minimum Gasteiger partial charge on any atom is -0.496 e. The maximum absolute atomic E-state index is 5.17. The third-order valence-electron chi connectivity index (χ3n) is 4.90. The van der Waals surface area contributed by atoms with Crippen molar-refractivity contribution >= 4 is 18.6 Å². The lowest BCUT2D eigenvalue weighted by Gasteiger charge is -2.04. The number of hydrogen-bond donors (Lipinski definition) is 0. The first-order valence-corrected chi connectivity index (χ1v) is 12.0. The molecule has 0 aliphatic rings. The molecule has 0 aliphatic heterocycles. The average Bonchev–Trinajstić information content (AvgIpc) is 3.40. The molecule has 0 fully saturated rings. The molecule has 5 heteroatoms. The Bertz CT molecular complexity index is 1190. The molecule has 3 aromatic carbocycles. The van der Waals surface area contributed by atoms with Crippen LogP contribution in [0.3, 0.4) is 0 Å². The van der Waals surface area contributed by atoms with E-state index in [2.05, 4.69) is 46.2 Å². The van der Waals surface area contributed by atoms with E-state index in [0.717, 1.165) is 28.0 Å². The van der Waals surface area contributed by atoms with E-state index >= 15 is 0 Å². The predicted octanol–water partition coefficient (Wildman–Crippen LogP) is 8.13. The minimum absolute atomic E-state index is 0. The standard InChI is InChI=1S/C10H13NO.C9H11N.C8H9N.C5H7N.2CH4/c1-8-4-5-9(7-11-2)6-10(8)12-3;1-8-3-5-9(6-4-8)7-10-2;1-9-7-8-5-3-2-4-6-8;1-6-4-2-3-5-6;;/h4-7H,1-3H3;3-7H,1-2H3;2-7H,1H3;2-5H,1H3;2*1H4. The Morgan fingerprint density at radius 1 is 0.615 bits per heavy atom. The summed E-state index contributed by atoms with van der Waals surface area (Å²) in [5.74, 6) is 0.910. The second kappa shape index (κ2) is 22.9. The Morgan fingerprint density at radius 3 is 1.51 bits per heavy atom. The highest BCUT2D eigenvalue weighted by Crippen LogP contribution is 2.17. The van der Waals surface area contributed by atoms with Gasteiger partial charge in [0, 0.05) is 59.2 Å². The summed E-state index contributed by atoms with van der Waals surface area (Å²) in [6.07, 6.45) is 9.49. The molecule has 0 atom stereocenters. The van der Waals surface area contributed by atoms with Crippen LogP contribution < -0.4 is 4.74 Å². The number of aliphatic imine (C=N–C) groups is 3. The summed E-state index contributed by atoms with van der Waals surface area (Å²) < 4.78 is 7.17. The largest absolute Gasteiger partial charge is 0.496 e. The molecule has 4 rings (SSSR count). The molecule has 5 nitrogen and oxygen atoms in total. The summed E-state index contributed by atoms with van der Waals surface area (Å²) in [6.45, 7) is 4.10. The minimum atomic E-state index is 0. The van der Waals surface area contributed by atoms with Crippen molar-refractivity contribution in [1.82, 2.24) is 4.57 Å². The van der Waals surface area contributed by atoms with Gasteiger partial charge < -0.3 is 9.30 Å². The third kappa shape index (κ3) is 17.0. The number of aryl methyl sites for hydroxylation is 3. The van der Waals surface area contributed by atoms with E-state index < -0.39 is 0 Å². The number of ether oxygens (including phenoxy) is 1. The summed E-state index contributed by atoms with van der Waals surface area (Å²) >= 11 is 0. The van der Waals surface area contributed by atoms with Gasteiger partial charge in [0.1, 0.15) is 5.75 Å². The molecule has 1 aromatic heterocycles. The number of hydrogen-bond acceptors (Lipinski definition) is 4. The first-order valence-electron chi connectivity index (χ1n) is 12.0. The van der Waals surface area contributed by atoms with Gasteiger partial charge in [0.2, 0.25) is 0 Å². The molecule has 0 N–H and O–H groups in total. The monoisotopic (exact) mass is 528 g/mol. The molecule has 0 unspecified atom stereocenters. The molecule has 0 amide bonds. The molecule has 4 aromatic rings. The van der Waals surface area contributed by atoms with E-state index in [1.807, 2.05) is 110 Å². The van der Waals surface area contributed by atoms with E-state index in [0.29, 0.717) is 0 Å². The van der Waals surface area contributed by atoms with Crippen molar-refractivity contribution in [2.75, 3.05) is 28.3 Å². The van der Waals surface area contributed by atoms with E-state index in [1.165, 1.54) is 5.56 Å². The van der Waals surface area contributed by atoms with Gasteiger partial charge in [0.25, 0.3) is 0 Å². The molecule has 0 radical (unpaired) electrons. The lowest BCUT2D eigenvalue weighted by Crippen LogP contribution is -1.89. The number of benzene rings is 3. The quantitative estimate of drug-likeness (QED) is 0.247. The van der Waals surface area contributed by atoms with Crippen LogP contribution in [0.2, 0.25) is 0 Å². The predicted molar refractivity (Wildman–Crippen MR) is 175 cm³/mol. The van der Waals surface area contributed by atoms with Crippen molar-refractivity contribution in [2.45, 2.75) is 28.7 Å². The number of rotatable bonds is 4. The maximum atomic E-state index is 5.17. The van der Waals surface area contributed by atoms with E-state index in [-0.39, 0.29) is 14.9 Å². The molecular weight excluding hydrogens is 480 g/mol. The normalized spacial score (nSPS) is 9.72. The summed E-state index contributed by atoms with van der Waals surface area (Å²) in [5.41, 5.74) is 5.81. The van der Waals surface area contributed by atoms with Crippen molar-refractivity contribution < 1.29 is 4.74 Å². The summed E-state index contributed by atoms with van der Waals surface area (Å²) in [4.78, 5) is 11.7. The van der Waals surface area contributed by atoms with Crippen molar-refractivity contribution in [3.63, 3.8) is 0 Å². The van der Waals surface area contributed by atoms with E-state index in [9.17, 15) is 0 Å². The zero-order chi connectivity index (χ0) is 27.3. The Labute approximate surface area is 237 Å². The van der Waals surface area contributed by atoms with Crippen molar-refractivity contribution in [3.8, 4) is 5.75 Å². The SMILES string of the molecule is C.C.CN=Cc1ccc(C)c(OC)c1.CN=Cc1ccc(C)cc1.CN=Cc1ccccc1.Cn1cccc1. The second-order valence-corrected chi connectivity index (χ2v) is 8.06. The number of nitrogens with zero attached hydrogens (tertiary/aromatic N) is 4. The van der Waals surface area contributed by atoms with Gasteiger partial charge in [0.15, 0.2) is 0 Å². The van der Waals surface area contributed by atoms with Crippen LogP contribution in [0.5, 0.6) is 5.75 Å². The summed E-state index contributed by atoms with van der Waals surface area (Å²) in [5, 5.41) is 0. The molecule has 1 heterocycles. The molecule has 0 bridgehead atoms. The molecular formula is C34H48N4O. The zero-order valence-electron chi connectivity index (χ0n) is 23.2. The second-order valence-electron chi connectivity index (χ2n) is 8.06. The van der Waals surface area contributed by atoms with Crippen molar-refractivity contribution in [3.05, 3.63) is 125 Å². The van der Waals surface area contributed by atoms with Crippen LogP contribution in [0, 0.1) is 13.8 Å². The van der Waals surface area contributed by atoms with Crippen LogP contribution in [-0.4, -0.2) is 51.5 Å². The van der Waals surface area contributed by atoms with Crippen LogP contribution in [0.1, 0.15) is 42.7 Å². The highest BCUT2D eigenvalue weighted by Gasteiger charge is 1.97. The van der Waals surface area contributed by atoms with Gasteiger partial charge in [-0.3, -0.25) is 15.0 Å². The Kier molecular flexibility index (Phi) is 21.7. The van der Waals surface area contributed by atoms with Gasteiger partial charge in [-0.15, -0.1) is 0 Å². The zero-order valence-corrected chi connectivity index (χ0v) is 23.2. The van der Waals surface area contributed by atoms with Gasteiger partial charge in [-0.25, -0.2) is 0 Å². The van der Waals surface area contributed by atoms with Crippen molar-refractivity contribution in [1.29, 1.82) is 0 Å². The first-order chi connectivity index (χ1) is 17.9. The third-order valence-corrected chi connectivity index (χ3v) is 4.90. The fraction of sp³-hybridized carbons (Fsp3) is 0.265. The summed E-state index contributed by atoms with van der Waals surface area (Å²) in [6, 6.07) is 28.3. The molecule has 0 saturated heterocycles. The Hall–Kier alpha value is -4.25. The van der Waals surface area contributed by atoms with E-state index in [4.69, 9.17) is 4.74 Å². The summed E-state index contributed by atoms with van der Waals surface area (Å²) in [7, 11) is 8.98. The van der Waals surface area contributed by atoms with Crippen LogP contribution in [-0.2, 0) is 7.05 Å². The maximum Gasteiger partial charge on any atom is 0.122 e. The number of methoxy groups -OCH3 is 1. The smallest absolute Gasteiger partial charge is 0.122 e. The average molecular weight is 529 g/mol. The Balaban J connectivity index is 0. The number of aromatic nitrogens is 1. The molecule has 0 aliphatic carbocycles. The van der Waals surface area contributed by atoms with Crippen LogP contribution in [0.25, 0.3) is 0 Å². The van der Waals surface area contributed by atoms with Gasteiger partial charge in [-0.05, 0) is 54.3 Å². The highest BCUT2D eigenvalue weighted by atomic mass is 16.5. The topological polar surface area (TPSA) is 51.2 Å². The Morgan fingerprint density at radius 2 is 1.08 bits per heavy atom. The molecule has 210 valence electrons. The van der Waals surface area contributed by atoms with E-state index in [1.54, 1.807) is 28.3 Å². The molecule has 0 saturated carbocycles. The van der Waals surface area contributed by atoms with Gasteiger partial charge in [-0.1, -0.05) is 87.1 Å². The highest BCUT2D eigenvalue weighted by molar-refractivity contribution is 5.80. The van der Waals surface area contributed by atoms with Crippen LogP contribution >= 0.6 is 0 Å². The van der Waals surface area contributed by atoms with Crippen LogP contribution in [0.15, 0.2) is 112 Å².